The lowest BCUT2D eigenvalue weighted by Gasteiger charge is -2.20. The highest BCUT2D eigenvalue weighted by atomic mass is 15.1. The molecule has 2 heterocycles. The number of nitrogens with two attached hydrogens (primary N) is 1. The summed E-state index contributed by atoms with van der Waals surface area (Å²) in [5.74, 6) is 0. The second kappa shape index (κ2) is 5.97. The first-order chi connectivity index (χ1) is 10.3. The number of para-hydroxylation sites is 1. The van der Waals surface area contributed by atoms with Gasteiger partial charge in [0.25, 0.3) is 0 Å². The number of imidazole rings is 1. The fraction of sp³-hybridized carbons (Fsp3) is 0.235. The minimum atomic E-state index is 0.826. The molecule has 0 saturated heterocycles. The summed E-state index contributed by atoms with van der Waals surface area (Å²) < 4.78 is 2.06. The molecule has 0 bridgehead atoms. The molecule has 0 aliphatic carbocycles. The van der Waals surface area contributed by atoms with Crippen molar-refractivity contribution in [1.82, 2.24) is 14.3 Å². The van der Waals surface area contributed by atoms with Crippen LogP contribution >= 0.6 is 0 Å². The molecule has 108 valence electrons. The van der Waals surface area contributed by atoms with Crippen LogP contribution in [0, 0.1) is 0 Å². The molecule has 0 aliphatic rings. The van der Waals surface area contributed by atoms with E-state index < -0.39 is 0 Å². The van der Waals surface area contributed by atoms with E-state index in [9.17, 15) is 0 Å². The van der Waals surface area contributed by atoms with Gasteiger partial charge in [0.1, 0.15) is 5.65 Å². The number of hydrogen-bond acceptors (Lipinski definition) is 3. The standard InChI is InChI=1S/C17H20N4/c1-2-20(11-14-7-3-4-8-16(14)18)12-15-13-21-10-6-5-9-17(21)19-15/h3-10,13H,2,11-12,18H2,1H3. The largest absolute Gasteiger partial charge is 0.398 e. The highest BCUT2D eigenvalue weighted by Gasteiger charge is 2.09. The molecule has 0 atom stereocenters. The first-order valence-corrected chi connectivity index (χ1v) is 7.24. The van der Waals surface area contributed by atoms with E-state index in [1.165, 1.54) is 5.56 Å². The third-order valence-electron chi connectivity index (χ3n) is 3.70. The average molecular weight is 280 g/mol. The molecule has 0 unspecified atom stereocenters. The fourth-order valence-corrected chi connectivity index (χ4v) is 2.49. The van der Waals surface area contributed by atoms with Gasteiger partial charge in [0.2, 0.25) is 0 Å². The van der Waals surface area contributed by atoms with Gasteiger partial charge in [0.05, 0.1) is 5.69 Å². The van der Waals surface area contributed by atoms with Crippen molar-refractivity contribution in [3.8, 4) is 0 Å². The number of benzene rings is 1. The van der Waals surface area contributed by atoms with Crippen LogP contribution in [0.5, 0.6) is 0 Å². The van der Waals surface area contributed by atoms with Gasteiger partial charge in [-0.2, -0.15) is 0 Å². The Labute approximate surface area is 124 Å². The lowest BCUT2D eigenvalue weighted by Crippen LogP contribution is -2.23. The molecule has 2 aromatic heterocycles. The predicted molar refractivity (Wildman–Crippen MR) is 85.8 cm³/mol. The lowest BCUT2D eigenvalue weighted by molar-refractivity contribution is 0.269. The fourth-order valence-electron chi connectivity index (χ4n) is 2.49. The van der Waals surface area contributed by atoms with Crippen LogP contribution in [-0.2, 0) is 13.1 Å². The molecule has 0 aliphatic heterocycles. The molecule has 3 aromatic rings. The van der Waals surface area contributed by atoms with Crippen LogP contribution in [0.3, 0.4) is 0 Å². The Morgan fingerprint density at radius 3 is 2.67 bits per heavy atom. The number of rotatable bonds is 5. The van der Waals surface area contributed by atoms with Crippen molar-refractivity contribution < 1.29 is 0 Å². The van der Waals surface area contributed by atoms with Gasteiger partial charge < -0.3 is 10.1 Å². The molecule has 0 amide bonds. The summed E-state index contributed by atoms with van der Waals surface area (Å²) in [6.45, 7) is 4.79. The maximum absolute atomic E-state index is 6.03. The van der Waals surface area contributed by atoms with Crippen LogP contribution in [0.25, 0.3) is 5.65 Å². The van der Waals surface area contributed by atoms with Crippen molar-refractivity contribution in [2.75, 3.05) is 12.3 Å². The molecular weight excluding hydrogens is 260 g/mol. The summed E-state index contributed by atoms with van der Waals surface area (Å²) in [5.41, 5.74) is 10.1. The van der Waals surface area contributed by atoms with Crippen molar-refractivity contribution >= 4 is 11.3 Å². The highest BCUT2D eigenvalue weighted by Crippen LogP contribution is 2.15. The van der Waals surface area contributed by atoms with E-state index in [0.717, 1.165) is 36.7 Å². The number of aromatic nitrogens is 2. The minimum Gasteiger partial charge on any atom is -0.398 e. The van der Waals surface area contributed by atoms with Crippen LogP contribution in [0.4, 0.5) is 5.69 Å². The number of anilines is 1. The number of nitrogen functional groups attached to an aromatic ring is 1. The van der Waals surface area contributed by atoms with E-state index in [-0.39, 0.29) is 0 Å². The summed E-state index contributed by atoms with van der Waals surface area (Å²) in [6.07, 6.45) is 4.11. The van der Waals surface area contributed by atoms with E-state index in [1.807, 2.05) is 42.6 Å². The zero-order valence-electron chi connectivity index (χ0n) is 12.2. The van der Waals surface area contributed by atoms with Gasteiger partial charge in [-0.05, 0) is 30.3 Å². The Morgan fingerprint density at radius 2 is 1.90 bits per heavy atom. The smallest absolute Gasteiger partial charge is 0.137 e. The van der Waals surface area contributed by atoms with Crippen LogP contribution in [0.2, 0.25) is 0 Å². The van der Waals surface area contributed by atoms with Crippen molar-refractivity contribution in [3.63, 3.8) is 0 Å². The third kappa shape index (κ3) is 3.06. The normalized spacial score (nSPS) is 11.3. The van der Waals surface area contributed by atoms with E-state index in [2.05, 4.69) is 33.5 Å². The summed E-state index contributed by atoms with van der Waals surface area (Å²) in [5, 5.41) is 0. The van der Waals surface area contributed by atoms with Gasteiger partial charge in [-0.25, -0.2) is 4.98 Å². The Balaban J connectivity index is 1.76. The summed E-state index contributed by atoms with van der Waals surface area (Å²) >= 11 is 0. The molecule has 0 fully saturated rings. The highest BCUT2D eigenvalue weighted by molar-refractivity contribution is 5.46. The van der Waals surface area contributed by atoms with Gasteiger partial charge in [-0.3, -0.25) is 4.90 Å². The molecule has 3 rings (SSSR count). The zero-order chi connectivity index (χ0) is 14.7. The Bertz CT molecular complexity index is 699. The van der Waals surface area contributed by atoms with E-state index >= 15 is 0 Å². The quantitative estimate of drug-likeness (QED) is 0.731. The molecule has 4 heteroatoms. The molecular formula is C17H20N4. The second-order valence-electron chi connectivity index (χ2n) is 5.20. The molecule has 4 nitrogen and oxygen atoms in total. The lowest BCUT2D eigenvalue weighted by atomic mass is 10.1. The molecule has 0 spiro atoms. The molecule has 21 heavy (non-hydrogen) atoms. The van der Waals surface area contributed by atoms with Crippen LogP contribution in [-0.4, -0.2) is 20.8 Å². The molecule has 1 aromatic carbocycles. The second-order valence-corrected chi connectivity index (χ2v) is 5.20. The average Bonchev–Trinajstić information content (AvgIpc) is 2.91. The van der Waals surface area contributed by atoms with Gasteiger partial charge in [-0.15, -0.1) is 0 Å². The summed E-state index contributed by atoms with van der Waals surface area (Å²) in [7, 11) is 0. The van der Waals surface area contributed by atoms with Gasteiger partial charge >= 0.3 is 0 Å². The molecule has 2 N–H and O–H groups in total. The monoisotopic (exact) mass is 280 g/mol. The summed E-state index contributed by atoms with van der Waals surface area (Å²) in [6, 6.07) is 14.1. The SMILES string of the molecule is CCN(Cc1cn2ccccc2n1)Cc1ccccc1N. The Morgan fingerprint density at radius 1 is 1.10 bits per heavy atom. The van der Waals surface area contributed by atoms with Crippen molar-refractivity contribution in [2.45, 2.75) is 20.0 Å². The molecule has 0 saturated carbocycles. The third-order valence-corrected chi connectivity index (χ3v) is 3.70. The first-order valence-electron chi connectivity index (χ1n) is 7.24. The van der Waals surface area contributed by atoms with Gasteiger partial charge in [0, 0.05) is 31.2 Å². The summed E-state index contributed by atoms with van der Waals surface area (Å²) in [4.78, 5) is 7.00. The van der Waals surface area contributed by atoms with Gasteiger partial charge in [-0.1, -0.05) is 31.2 Å². The van der Waals surface area contributed by atoms with Crippen molar-refractivity contribution in [2.24, 2.45) is 0 Å². The van der Waals surface area contributed by atoms with Crippen molar-refractivity contribution in [3.05, 3.63) is 66.1 Å². The number of hydrogen-bond donors (Lipinski definition) is 1. The molecule has 0 radical (unpaired) electrons. The topological polar surface area (TPSA) is 46.6 Å². The van der Waals surface area contributed by atoms with E-state index in [0.29, 0.717) is 0 Å². The Hall–Kier alpha value is -2.33. The van der Waals surface area contributed by atoms with E-state index in [1.54, 1.807) is 0 Å². The van der Waals surface area contributed by atoms with Crippen LogP contribution in [0.15, 0.2) is 54.9 Å². The zero-order valence-corrected chi connectivity index (χ0v) is 12.2. The van der Waals surface area contributed by atoms with Crippen LogP contribution in [0.1, 0.15) is 18.2 Å². The number of pyridine rings is 1. The van der Waals surface area contributed by atoms with E-state index in [4.69, 9.17) is 5.73 Å². The predicted octanol–water partition coefficient (Wildman–Crippen LogP) is 2.94. The maximum atomic E-state index is 6.03. The maximum Gasteiger partial charge on any atom is 0.137 e. The Kier molecular flexibility index (Phi) is 3.88. The van der Waals surface area contributed by atoms with Gasteiger partial charge in [0.15, 0.2) is 0 Å². The minimum absolute atomic E-state index is 0.826. The number of fused-ring (bicyclic) bond motifs is 1. The first kappa shape index (κ1) is 13.6. The van der Waals surface area contributed by atoms with Crippen molar-refractivity contribution in [1.29, 1.82) is 0 Å². The number of nitrogens with zero attached hydrogens (tertiary/aromatic N) is 3. The van der Waals surface area contributed by atoms with Crippen LogP contribution < -0.4 is 5.73 Å².